The van der Waals surface area contributed by atoms with Crippen LogP contribution in [0.2, 0.25) is 10.0 Å². The van der Waals surface area contributed by atoms with Gasteiger partial charge in [0.25, 0.3) is 0 Å². The number of halogens is 2. The molecule has 0 aromatic heterocycles. The van der Waals surface area contributed by atoms with Crippen molar-refractivity contribution in [1.82, 2.24) is 10.2 Å². The van der Waals surface area contributed by atoms with E-state index in [0.29, 0.717) is 29.5 Å². The Balaban J connectivity index is 2.09. The summed E-state index contributed by atoms with van der Waals surface area (Å²) in [5.74, 6) is -0.370. The second-order valence-corrected chi connectivity index (χ2v) is 5.68. The van der Waals surface area contributed by atoms with Crippen molar-refractivity contribution in [3.63, 3.8) is 0 Å². The van der Waals surface area contributed by atoms with Gasteiger partial charge in [0.15, 0.2) is 0 Å². The fourth-order valence-electron chi connectivity index (χ4n) is 2.11. The van der Waals surface area contributed by atoms with E-state index in [2.05, 4.69) is 10.6 Å². The summed E-state index contributed by atoms with van der Waals surface area (Å²) < 4.78 is 0. The quantitative estimate of drug-likeness (QED) is 0.730. The molecule has 1 saturated heterocycles. The van der Waals surface area contributed by atoms with Crippen LogP contribution in [0.3, 0.4) is 0 Å². The van der Waals surface area contributed by atoms with Gasteiger partial charge in [-0.15, -0.1) is 0 Å². The SMILES string of the molecule is CC(C(=O)Nc1c(N)cc(Cl)cc1Cl)N1CCNC(=O)C1. The largest absolute Gasteiger partial charge is 0.397 e. The molecule has 0 radical (unpaired) electrons. The molecule has 0 spiro atoms. The van der Waals surface area contributed by atoms with Gasteiger partial charge in [0.05, 0.1) is 29.0 Å². The molecule has 2 amide bonds. The zero-order chi connectivity index (χ0) is 15.6. The van der Waals surface area contributed by atoms with E-state index < -0.39 is 6.04 Å². The van der Waals surface area contributed by atoms with Crippen molar-refractivity contribution >= 4 is 46.4 Å². The molecule has 1 aliphatic heterocycles. The van der Waals surface area contributed by atoms with Crippen LogP contribution < -0.4 is 16.4 Å². The highest BCUT2D eigenvalue weighted by Gasteiger charge is 2.26. The summed E-state index contributed by atoms with van der Waals surface area (Å²) in [6, 6.07) is 2.55. The average molecular weight is 331 g/mol. The maximum Gasteiger partial charge on any atom is 0.241 e. The lowest BCUT2D eigenvalue weighted by molar-refractivity contribution is -0.127. The fourth-order valence-corrected chi connectivity index (χ4v) is 2.66. The third-order valence-corrected chi connectivity index (χ3v) is 3.85. The van der Waals surface area contributed by atoms with E-state index in [1.165, 1.54) is 12.1 Å². The number of nitrogen functional groups attached to an aromatic ring is 1. The number of anilines is 2. The number of nitrogens with zero attached hydrogens (tertiary/aromatic N) is 1. The highest BCUT2D eigenvalue weighted by Crippen LogP contribution is 2.32. The number of hydrogen-bond donors (Lipinski definition) is 3. The summed E-state index contributed by atoms with van der Waals surface area (Å²) in [6.45, 7) is 3.07. The smallest absolute Gasteiger partial charge is 0.241 e. The van der Waals surface area contributed by atoms with Gasteiger partial charge in [-0.3, -0.25) is 14.5 Å². The Morgan fingerprint density at radius 3 is 2.81 bits per heavy atom. The lowest BCUT2D eigenvalue weighted by Crippen LogP contribution is -2.53. The molecule has 2 rings (SSSR count). The van der Waals surface area contributed by atoms with E-state index in [1.54, 1.807) is 11.8 Å². The zero-order valence-electron chi connectivity index (χ0n) is 11.5. The van der Waals surface area contributed by atoms with Gasteiger partial charge in [-0.25, -0.2) is 0 Å². The van der Waals surface area contributed by atoms with Crippen LogP contribution in [0, 0.1) is 0 Å². The standard InChI is InChI=1S/C13H16Cl2N4O2/c1-7(19-3-2-17-11(20)6-19)13(21)18-12-9(15)4-8(14)5-10(12)16/h4-5,7H,2-3,6,16H2,1H3,(H,17,20)(H,18,21). The third-order valence-electron chi connectivity index (χ3n) is 3.33. The van der Waals surface area contributed by atoms with E-state index in [9.17, 15) is 9.59 Å². The van der Waals surface area contributed by atoms with Crippen LogP contribution in [0.5, 0.6) is 0 Å². The molecular formula is C13H16Cl2N4O2. The molecule has 0 aliphatic carbocycles. The molecule has 1 aromatic carbocycles. The van der Waals surface area contributed by atoms with Crippen molar-refractivity contribution in [3.05, 3.63) is 22.2 Å². The van der Waals surface area contributed by atoms with Gasteiger partial charge in [-0.1, -0.05) is 23.2 Å². The first kappa shape index (κ1) is 15.9. The molecule has 0 saturated carbocycles. The van der Waals surface area contributed by atoms with Crippen LogP contribution in [0.1, 0.15) is 6.92 Å². The normalized spacial score (nSPS) is 17.2. The first-order valence-corrected chi connectivity index (χ1v) is 7.20. The maximum absolute atomic E-state index is 12.3. The number of piperazine rings is 1. The van der Waals surface area contributed by atoms with Crippen molar-refractivity contribution in [2.45, 2.75) is 13.0 Å². The van der Waals surface area contributed by atoms with Crippen molar-refractivity contribution in [2.24, 2.45) is 0 Å². The van der Waals surface area contributed by atoms with E-state index in [1.807, 2.05) is 0 Å². The van der Waals surface area contributed by atoms with Crippen LogP contribution in [-0.2, 0) is 9.59 Å². The molecule has 6 nitrogen and oxygen atoms in total. The Morgan fingerprint density at radius 2 is 2.19 bits per heavy atom. The minimum Gasteiger partial charge on any atom is -0.397 e. The molecule has 1 fully saturated rings. The van der Waals surface area contributed by atoms with Gasteiger partial charge >= 0.3 is 0 Å². The van der Waals surface area contributed by atoms with Gasteiger partial charge in [0.2, 0.25) is 11.8 Å². The number of carbonyl (C=O) groups excluding carboxylic acids is 2. The predicted octanol–water partition coefficient (Wildman–Crippen LogP) is 1.33. The molecule has 1 heterocycles. The van der Waals surface area contributed by atoms with Crippen LogP contribution in [0.25, 0.3) is 0 Å². The van der Waals surface area contributed by atoms with E-state index >= 15 is 0 Å². The van der Waals surface area contributed by atoms with Gasteiger partial charge in [-0.2, -0.15) is 0 Å². The molecule has 0 bridgehead atoms. The summed E-state index contributed by atoms with van der Waals surface area (Å²) >= 11 is 11.9. The lowest BCUT2D eigenvalue weighted by Gasteiger charge is -2.31. The van der Waals surface area contributed by atoms with E-state index in [0.717, 1.165) is 0 Å². The molecule has 8 heteroatoms. The lowest BCUT2D eigenvalue weighted by atomic mass is 10.2. The van der Waals surface area contributed by atoms with Crippen molar-refractivity contribution in [1.29, 1.82) is 0 Å². The van der Waals surface area contributed by atoms with Gasteiger partial charge in [-0.05, 0) is 19.1 Å². The van der Waals surface area contributed by atoms with Crippen molar-refractivity contribution in [3.8, 4) is 0 Å². The summed E-state index contributed by atoms with van der Waals surface area (Å²) in [5.41, 5.74) is 6.44. The first-order valence-electron chi connectivity index (χ1n) is 6.44. The summed E-state index contributed by atoms with van der Waals surface area (Å²) in [4.78, 5) is 25.4. The van der Waals surface area contributed by atoms with Crippen molar-refractivity contribution in [2.75, 3.05) is 30.7 Å². The molecule has 1 unspecified atom stereocenters. The topological polar surface area (TPSA) is 87.5 Å². The van der Waals surface area contributed by atoms with E-state index in [-0.39, 0.29) is 23.4 Å². The molecule has 114 valence electrons. The monoisotopic (exact) mass is 330 g/mol. The zero-order valence-corrected chi connectivity index (χ0v) is 13.0. The van der Waals surface area contributed by atoms with Crippen molar-refractivity contribution < 1.29 is 9.59 Å². The summed E-state index contributed by atoms with van der Waals surface area (Å²) in [6.07, 6.45) is 0. The minimum absolute atomic E-state index is 0.0926. The Morgan fingerprint density at radius 1 is 1.48 bits per heavy atom. The number of amides is 2. The number of benzene rings is 1. The van der Waals surface area contributed by atoms with Gasteiger partial charge < -0.3 is 16.4 Å². The highest BCUT2D eigenvalue weighted by atomic mass is 35.5. The third kappa shape index (κ3) is 3.78. The van der Waals surface area contributed by atoms with Crippen LogP contribution in [0.4, 0.5) is 11.4 Å². The maximum atomic E-state index is 12.3. The van der Waals surface area contributed by atoms with Gasteiger partial charge in [0, 0.05) is 18.1 Å². The van der Waals surface area contributed by atoms with Crippen LogP contribution in [0.15, 0.2) is 12.1 Å². The van der Waals surface area contributed by atoms with Crippen LogP contribution in [-0.4, -0.2) is 42.4 Å². The first-order chi connectivity index (χ1) is 9.88. The molecule has 4 N–H and O–H groups in total. The molecule has 1 aliphatic rings. The number of carbonyl (C=O) groups is 2. The summed E-state index contributed by atoms with van der Waals surface area (Å²) in [5, 5.41) is 6.08. The number of hydrogen-bond acceptors (Lipinski definition) is 4. The number of nitrogens with one attached hydrogen (secondary N) is 2. The second kappa shape index (κ2) is 6.51. The molecular weight excluding hydrogens is 315 g/mol. The highest BCUT2D eigenvalue weighted by molar-refractivity contribution is 6.37. The van der Waals surface area contributed by atoms with E-state index in [4.69, 9.17) is 28.9 Å². The molecule has 1 aromatic rings. The predicted molar refractivity (Wildman–Crippen MR) is 83.5 cm³/mol. The Labute approximate surface area is 132 Å². The second-order valence-electron chi connectivity index (χ2n) is 4.84. The Kier molecular flexibility index (Phi) is 4.92. The minimum atomic E-state index is -0.470. The Hall–Kier alpha value is -1.50. The molecule has 21 heavy (non-hydrogen) atoms. The van der Waals surface area contributed by atoms with Crippen LogP contribution >= 0.6 is 23.2 Å². The summed E-state index contributed by atoms with van der Waals surface area (Å²) in [7, 11) is 0. The molecule has 1 atom stereocenters. The Bertz CT molecular complexity index is 556. The fraction of sp³-hybridized carbons (Fsp3) is 0.385. The average Bonchev–Trinajstić information content (AvgIpc) is 2.41. The number of rotatable bonds is 3. The van der Waals surface area contributed by atoms with Gasteiger partial charge in [0.1, 0.15) is 0 Å². The number of nitrogens with two attached hydrogens (primary N) is 1.